The molecule has 3 aromatic carbocycles. The van der Waals surface area contributed by atoms with Crippen LogP contribution in [0.15, 0.2) is 66.7 Å². The molecular weight excluding hydrogens is 440 g/mol. The summed E-state index contributed by atoms with van der Waals surface area (Å²) in [6, 6.07) is 22.0. The molecule has 0 saturated heterocycles. The van der Waals surface area contributed by atoms with Crippen LogP contribution in [0.1, 0.15) is 11.4 Å². The highest BCUT2D eigenvalue weighted by Gasteiger charge is 2.17. The average molecular weight is 457 g/mol. The summed E-state index contributed by atoms with van der Waals surface area (Å²) in [6.45, 7) is 2.55. The first-order chi connectivity index (χ1) is 15.6. The van der Waals surface area contributed by atoms with Gasteiger partial charge in [-0.15, -0.1) is 0 Å². The molecule has 1 N–H and O–H groups in total. The van der Waals surface area contributed by atoms with E-state index in [2.05, 4.69) is 46.0 Å². The minimum Gasteiger partial charge on any atom is -0.316 e. The number of nitrogens with one attached hydrogen (secondary N) is 1. The van der Waals surface area contributed by atoms with Gasteiger partial charge in [-0.3, -0.25) is 9.67 Å². The smallest absolute Gasteiger partial charge is 0.199 e. The van der Waals surface area contributed by atoms with Crippen molar-refractivity contribution in [1.82, 2.24) is 29.3 Å². The second-order valence-electron chi connectivity index (χ2n) is 7.75. The molecule has 0 aliphatic rings. The second kappa shape index (κ2) is 7.25. The first kappa shape index (κ1) is 19.2. The van der Waals surface area contributed by atoms with Crippen LogP contribution >= 0.6 is 23.8 Å². The number of fused-ring (bicyclic) bond motifs is 4. The Labute approximate surface area is 193 Å². The van der Waals surface area contributed by atoms with Gasteiger partial charge in [0.15, 0.2) is 16.2 Å². The molecule has 3 heterocycles. The van der Waals surface area contributed by atoms with Crippen molar-refractivity contribution >= 4 is 56.9 Å². The van der Waals surface area contributed by atoms with Crippen molar-refractivity contribution in [1.29, 1.82) is 0 Å². The largest absolute Gasteiger partial charge is 0.316 e. The highest BCUT2D eigenvalue weighted by atomic mass is 35.5. The summed E-state index contributed by atoms with van der Waals surface area (Å²) in [5.41, 5.74) is 6.40. The minimum absolute atomic E-state index is 0.485. The van der Waals surface area contributed by atoms with Crippen LogP contribution in [-0.2, 0) is 6.54 Å². The van der Waals surface area contributed by atoms with Gasteiger partial charge in [0.1, 0.15) is 5.52 Å². The fourth-order valence-corrected chi connectivity index (χ4v) is 4.53. The van der Waals surface area contributed by atoms with Crippen LogP contribution in [0.2, 0.25) is 5.02 Å². The summed E-state index contributed by atoms with van der Waals surface area (Å²) in [5.74, 6) is 0.791. The number of aromatic nitrogens is 6. The van der Waals surface area contributed by atoms with Gasteiger partial charge in [-0.25, -0.2) is 9.97 Å². The molecule has 0 bridgehead atoms. The molecule has 0 saturated carbocycles. The van der Waals surface area contributed by atoms with Gasteiger partial charge in [-0.2, -0.15) is 5.10 Å². The van der Waals surface area contributed by atoms with E-state index >= 15 is 0 Å². The maximum atomic E-state index is 6.19. The summed E-state index contributed by atoms with van der Waals surface area (Å²) < 4.78 is 4.65. The van der Waals surface area contributed by atoms with Crippen molar-refractivity contribution in [3.05, 3.63) is 87.9 Å². The molecule has 0 aliphatic carbocycles. The van der Waals surface area contributed by atoms with Crippen LogP contribution in [0.3, 0.4) is 0 Å². The van der Waals surface area contributed by atoms with Crippen LogP contribution in [0.4, 0.5) is 0 Å². The summed E-state index contributed by atoms with van der Waals surface area (Å²) in [6.07, 6.45) is 0. The van der Waals surface area contributed by atoms with Gasteiger partial charge >= 0.3 is 0 Å². The van der Waals surface area contributed by atoms with E-state index in [1.165, 1.54) is 5.56 Å². The zero-order chi connectivity index (χ0) is 21.8. The van der Waals surface area contributed by atoms with Crippen LogP contribution in [0.5, 0.6) is 0 Å². The lowest BCUT2D eigenvalue weighted by Gasteiger charge is -2.10. The van der Waals surface area contributed by atoms with E-state index in [4.69, 9.17) is 33.8 Å². The first-order valence-electron chi connectivity index (χ1n) is 10.2. The van der Waals surface area contributed by atoms with Crippen molar-refractivity contribution in [2.24, 2.45) is 0 Å². The van der Waals surface area contributed by atoms with E-state index in [0.29, 0.717) is 16.3 Å². The second-order valence-corrected chi connectivity index (χ2v) is 8.57. The van der Waals surface area contributed by atoms with E-state index in [9.17, 15) is 0 Å². The van der Waals surface area contributed by atoms with Crippen LogP contribution in [0.25, 0.3) is 38.8 Å². The normalized spacial score (nSPS) is 11.7. The number of nitrogens with zero attached hydrogens (tertiary/aromatic N) is 5. The van der Waals surface area contributed by atoms with Crippen molar-refractivity contribution in [2.75, 3.05) is 0 Å². The third-order valence-corrected chi connectivity index (χ3v) is 6.16. The highest BCUT2D eigenvalue weighted by Crippen LogP contribution is 2.29. The number of halogens is 1. The molecule has 0 fully saturated rings. The lowest BCUT2D eigenvalue weighted by Crippen LogP contribution is -2.08. The number of benzene rings is 3. The number of para-hydroxylation sites is 1. The van der Waals surface area contributed by atoms with E-state index < -0.39 is 0 Å². The van der Waals surface area contributed by atoms with Gasteiger partial charge in [0.05, 0.1) is 23.1 Å². The summed E-state index contributed by atoms with van der Waals surface area (Å²) in [7, 11) is 0. The van der Waals surface area contributed by atoms with E-state index in [0.717, 1.165) is 44.6 Å². The Kier molecular flexibility index (Phi) is 4.34. The maximum Gasteiger partial charge on any atom is 0.199 e. The number of aryl methyl sites for hydroxylation is 1. The Morgan fingerprint density at radius 3 is 2.62 bits per heavy atom. The molecule has 156 valence electrons. The molecule has 6 rings (SSSR count). The summed E-state index contributed by atoms with van der Waals surface area (Å²) in [5, 5.41) is 9.16. The predicted molar refractivity (Wildman–Crippen MR) is 130 cm³/mol. The third-order valence-electron chi connectivity index (χ3n) is 5.65. The zero-order valence-corrected chi connectivity index (χ0v) is 18.7. The first-order valence-corrected chi connectivity index (χ1v) is 10.9. The molecule has 0 atom stereocenters. The molecule has 0 radical (unpaired) electrons. The molecule has 0 spiro atoms. The van der Waals surface area contributed by atoms with E-state index in [-0.39, 0.29) is 0 Å². The fourth-order valence-electron chi connectivity index (χ4n) is 4.11. The molecule has 8 heteroatoms. The Morgan fingerprint density at radius 1 is 0.969 bits per heavy atom. The van der Waals surface area contributed by atoms with Crippen LogP contribution < -0.4 is 0 Å². The van der Waals surface area contributed by atoms with Gasteiger partial charge in [0, 0.05) is 16.1 Å². The lowest BCUT2D eigenvalue weighted by atomic mass is 10.2. The number of hydrogen-bond acceptors (Lipinski definition) is 4. The van der Waals surface area contributed by atoms with E-state index in [1.54, 1.807) is 0 Å². The summed E-state index contributed by atoms with van der Waals surface area (Å²) >= 11 is 11.7. The number of rotatable bonds is 3. The SMILES string of the molecule is Cc1ccc(-n2c(Cn3c4ccccc4c4nc5cc(Cl)ccc5nc43)n[nH]c2=S)cc1. The molecule has 6 nitrogen and oxygen atoms in total. The van der Waals surface area contributed by atoms with Gasteiger partial charge < -0.3 is 4.57 Å². The Bertz CT molecular complexity index is 1690. The zero-order valence-electron chi connectivity index (χ0n) is 17.1. The third kappa shape index (κ3) is 3.01. The Balaban J connectivity index is 1.59. The van der Waals surface area contributed by atoms with Gasteiger partial charge in [-0.1, -0.05) is 47.5 Å². The van der Waals surface area contributed by atoms with Gasteiger partial charge in [0.25, 0.3) is 0 Å². The monoisotopic (exact) mass is 456 g/mol. The standard InChI is InChI=1S/C24H17ClN6S/c1-14-6-9-16(10-7-14)31-21(28-29-24(31)32)13-30-20-5-3-2-4-17(20)22-23(30)27-18-11-8-15(25)12-19(18)26-22/h2-12H,13H2,1H3,(H,29,32). The number of aromatic amines is 1. The van der Waals surface area contributed by atoms with Crippen molar-refractivity contribution in [3.8, 4) is 5.69 Å². The molecule has 0 aliphatic heterocycles. The van der Waals surface area contributed by atoms with Crippen molar-refractivity contribution < 1.29 is 0 Å². The van der Waals surface area contributed by atoms with E-state index in [1.807, 2.05) is 47.0 Å². The molecule has 32 heavy (non-hydrogen) atoms. The van der Waals surface area contributed by atoms with Crippen molar-refractivity contribution in [3.63, 3.8) is 0 Å². The van der Waals surface area contributed by atoms with Crippen LogP contribution in [0, 0.1) is 11.7 Å². The Hall–Kier alpha value is -3.55. The maximum absolute atomic E-state index is 6.19. The minimum atomic E-state index is 0.485. The molecule has 0 amide bonds. The quantitative estimate of drug-likeness (QED) is 0.332. The molecular formula is C24H17ClN6S. The van der Waals surface area contributed by atoms with Gasteiger partial charge in [-0.05, 0) is 55.5 Å². The topological polar surface area (TPSA) is 64.3 Å². The Morgan fingerprint density at radius 2 is 1.78 bits per heavy atom. The fraction of sp³-hybridized carbons (Fsp3) is 0.0833. The number of hydrogen-bond donors (Lipinski definition) is 1. The molecule has 6 aromatic rings. The average Bonchev–Trinajstić information content (AvgIpc) is 3.31. The predicted octanol–water partition coefficient (Wildman–Crippen LogP) is 5.99. The summed E-state index contributed by atoms with van der Waals surface area (Å²) in [4.78, 5) is 9.84. The molecule has 0 unspecified atom stereocenters. The lowest BCUT2D eigenvalue weighted by molar-refractivity contribution is 0.760. The van der Waals surface area contributed by atoms with Crippen LogP contribution in [-0.4, -0.2) is 29.3 Å². The number of H-pyrrole nitrogens is 1. The van der Waals surface area contributed by atoms with Gasteiger partial charge in [0.2, 0.25) is 0 Å². The van der Waals surface area contributed by atoms with Crippen molar-refractivity contribution in [2.45, 2.75) is 13.5 Å². The molecule has 3 aromatic heterocycles. The highest BCUT2D eigenvalue weighted by molar-refractivity contribution is 7.71.